The molecule has 3 heterocycles. The lowest BCUT2D eigenvalue weighted by atomic mass is 10.1. The van der Waals surface area contributed by atoms with Crippen LogP contribution in [-0.2, 0) is 13.1 Å². The van der Waals surface area contributed by atoms with Crippen LogP contribution < -0.4 is 21.3 Å². The van der Waals surface area contributed by atoms with Crippen LogP contribution in [0.5, 0.6) is 0 Å². The van der Waals surface area contributed by atoms with Gasteiger partial charge in [0.15, 0.2) is 5.82 Å². The van der Waals surface area contributed by atoms with Gasteiger partial charge in [-0.2, -0.15) is 0 Å². The number of halogens is 1. The van der Waals surface area contributed by atoms with Gasteiger partial charge >= 0.3 is 0 Å². The summed E-state index contributed by atoms with van der Waals surface area (Å²) >= 11 is 6.22. The summed E-state index contributed by atoms with van der Waals surface area (Å²) in [6.07, 6.45) is 3.64. The Bertz CT molecular complexity index is 1110. The molecule has 1 aromatic carbocycles. The maximum absolute atomic E-state index is 12.8. The number of anilines is 1. The summed E-state index contributed by atoms with van der Waals surface area (Å²) in [7, 11) is 0. The van der Waals surface area contributed by atoms with E-state index in [1.807, 2.05) is 25.1 Å². The first-order valence-electron chi connectivity index (χ1n) is 11.7. The Hall–Kier alpha value is -3.01. The van der Waals surface area contributed by atoms with Gasteiger partial charge in [0.25, 0.3) is 5.91 Å². The zero-order valence-electron chi connectivity index (χ0n) is 19.5. The molecule has 0 aliphatic carbocycles. The number of carbonyl (C=O) groups excluding carboxylic acids is 1. The van der Waals surface area contributed by atoms with Crippen LogP contribution >= 0.6 is 11.6 Å². The molecule has 1 amide bonds. The predicted molar refractivity (Wildman–Crippen MR) is 133 cm³/mol. The number of carbonyl (C=O) groups is 1. The Morgan fingerprint density at radius 2 is 2.18 bits per heavy atom. The van der Waals surface area contributed by atoms with E-state index in [-0.39, 0.29) is 18.0 Å². The largest absolute Gasteiger partial charge is 0.378 e. The van der Waals surface area contributed by atoms with E-state index < -0.39 is 0 Å². The molecule has 0 saturated carbocycles. The van der Waals surface area contributed by atoms with Crippen molar-refractivity contribution in [2.45, 2.75) is 51.9 Å². The third-order valence-corrected chi connectivity index (χ3v) is 6.14. The summed E-state index contributed by atoms with van der Waals surface area (Å²) in [5.41, 5.74) is 2.03. The Morgan fingerprint density at radius 3 is 2.94 bits per heavy atom. The first kappa shape index (κ1) is 24.1. The first-order valence-corrected chi connectivity index (χ1v) is 12.1. The van der Waals surface area contributed by atoms with E-state index in [0.717, 1.165) is 49.9 Å². The molecule has 0 radical (unpaired) electrons. The van der Waals surface area contributed by atoms with Crippen LogP contribution in [0.3, 0.4) is 0 Å². The van der Waals surface area contributed by atoms with Gasteiger partial charge in [-0.25, -0.2) is 0 Å². The van der Waals surface area contributed by atoms with Crippen molar-refractivity contribution >= 4 is 23.2 Å². The number of aromatic nitrogens is 4. The van der Waals surface area contributed by atoms with Gasteiger partial charge in [0.05, 0.1) is 29.3 Å². The van der Waals surface area contributed by atoms with Crippen molar-refractivity contribution in [3.63, 3.8) is 0 Å². The molecule has 1 unspecified atom stereocenters. The second-order valence-electron chi connectivity index (χ2n) is 8.35. The second-order valence-corrected chi connectivity index (χ2v) is 8.76. The van der Waals surface area contributed by atoms with Gasteiger partial charge in [0.2, 0.25) is 0 Å². The molecule has 0 spiro atoms. The van der Waals surface area contributed by atoms with Crippen molar-refractivity contribution in [2.75, 3.05) is 18.5 Å². The zero-order valence-corrected chi connectivity index (χ0v) is 20.3. The van der Waals surface area contributed by atoms with E-state index in [9.17, 15) is 4.79 Å². The topological polar surface area (TPSA) is 109 Å². The summed E-state index contributed by atoms with van der Waals surface area (Å²) in [6, 6.07) is 10.8. The molecule has 1 aliphatic rings. The van der Waals surface area contributed by atoms with Gasteiger partial charge in [0, 0.05) is 30.7 Å². The standard InChI is InChI=1S/C24H31ClN8O/c1-3-12-33-21(31-32-23(33)20-9-11-26-15-29-20)14-28-18-7-4-6-17(13-18)24(34)30-16(2)22-19(25)8-5-10-27-22/h4-8,10,13,16,20,26,28-29H,3,9,11-12,14-15H2,1-2H3,(H,30,34)/t16-,20?/m0/s1. The van der Waals surface area contributed by atoms with Gasteiger partial charge in [-0.1, -0.05) is 24.6 Å². The number of amides is 1. The molecule has 10 heteroatoms. The lowest BCUT2D eigenvalue weighted by molar-refractivity contribution is 0.0939. The molecule has 1 aliphatic heterocycles. The van der Waals surface area contributed by atoms with E-state index in [0.29, 0.717) is 22.8 Å². The molecular weight excluding hydrogens is 452 g/mol. The van der Waals surface area contributed by atoms with Crippen LogP contribution in [0.25, 0.3) is 0 Å². The Balaban J connectivity index is 1.42. The highest BCUT2D eigenvalue weighted by atomic mass is 35.5. The minimum atomic E-state index is -0.313. The molecule has 1 saturated heterocycles. The average molecular weight is 483 g/mol. The molecule has 9 nitrogen and oxygen atoms in total. The van der Waals surface area contributed by atoms with E-state index in [1.54, 1.807) is 24.4 Å². The highest BCUT2D eigenvalue weighted by molar-refractivity contribution is 6.31. The van der Waals surface area contributed by atoms with Gasteiger partial charge in [0.1, 0.15) is 5.82 Å². The molecule has 2 aromatic heterocycles. The lowest BCUT2D eigenvalue weighted by Gasteiger charge is -2.24. The maximum atomic E-state index is 12.8. The Morgan fingerprint density at radius 1 is 1.29 bits per heavy atom. The quantitative estimate of drug-likeness (QED) is 0.370. The monoisotopic (exact) mass is 482 g/mol. The van der Waals surface area contributed by atoms with Crippen LogP contribution in [0.2, 0.25) is 5.02 Å². The average Bonchev–Trinajstić information content (AvgIpc) is 3.26. The summed E-state index contributed by atoms with van der Waals surface area (Å²) in [5, 5.41) is 22.6. The maximum Gasteiger partial charge on any atom is 0.251 e. The van der Waals surface area contributed by atoms with Crippen molar-refractivity contribution in [1.29, 1.82) is 0 Å². The fraction of sp³-hybridized carbons (Fsp3) is 0.417. The number of benzene rings is 1. The molecular formula is C24H31ClN8O. The van der Waals surface area contributed by atoms with E-state index >= 15 is 0 Å². The van der Waals surface area contributed by atoms with Crippen LogP contribution in [0, 0.1) is 0 Å². The fourth-order valence-electron chi connectivity index (χ4n) is 4.07. The third kappa shape index (κ3) is 5.72. The van der Waals surface area contributed by atoms with E-state index in [1.165, 1.54) is 0 Å². The van der Waals surface area contributed by atoms with Crippen molar-refractivity contribution in [2.24, 2.45) is 0 Å². The Kier molecular flexibility index (Phi) is 8.10. The van der Waals surface area contributed by atoms with Crippen LogP contribution in [-0.4, -0.2) is 38.9 Å². The third-order valence-electron chi connectivity index (χ3n) is 5.82. The number of rotatable bonds is 9. The predicted octanol–water partition coefficient (Wildman–Crippen LogP) is 3.42. The number of hydrogen-bond acceptors (Lipinski definition) is 7. The Labute approximate surface area is 204 Å². The van der Waals surface area contributed by atoms with Crippen LogP contribution in [0.4, 0.5) is 5.69 Å². The number of nitrogens with zero attached hydrogens (tertiary/aromatic N) is 4. The van der Waals surface area contributed by atoms with E-state index in [2.05, 4.69) is 47.9 Å². The molecule has 1 fully saturated rings. The summed E-state index contributed by atoms with van der Waals surface area (Å²) < 4.78 is 2.20. The summed E-state index contributed by atoms with van der Waals surface area (Å²) in [4.78, 5) is 17.1. The zero-order chi connectivity index (χ0) is 23.9. The summed E-state index contributed by atoms with van der Waals surface area (Å²) in [6.45, 7) is 7.13. The van der Waals surface area contributed by atoms with Crippen molar-refractivity contribution in [1.82, 2.24) is 35.7 Å². The molecule has 4 rings (SSSR count). The molecule has 0 bridgehead atoms. The lowest BCUT2D eigenvalue weighted by Crippen LogP contribution is -2.41. The first-order chi connectivity index (χ1) is 16.6. The van der Waals surface area contributed by atoms with Crippen molar-refractivity contribution in [3.05, 3.63) is 70.5 Å². The highest BCUT2D eigenvalue weighted by Gasteiger charge is 2.22. The smallest absolute Gasteiger partial charge is 0.251 e. The number of pyridine rings is 1. The molecule has 3 aromatic rings. The normalized spacial score (nSPS) is 16.7. The van der Waals surface area contributed by atoms with Gasteiger partial charge < -0.3 is 20.5 Å². The van der Waals surface area contributed by atoms with Gasteiger partial charge in [-0.15, -0.1) is 10.2 Å². The van der Waals surface area contributed by atoms with Gasteiger partial charge in [-0.05, 0) is 56.6 Å². The van der Waals surface area contributed by atoms with E-state index in [4.69, 9.17) is 11.6 Å². The summed E-state index contributed by atoms with van der Waals surface area (Å²) in [5.74, 6) is 1.67. The molecule has 180 valence electrons. The van der Waals surface area contributed by atoms with Crippen molar-refractivity contribution in [3.8, 4) is 0 Å². The van der Waals surface area contributed by atoms with Gasteiger partial charge in [-0.3, -0.25) is 15.1 Å². The molecule has 4 N–H and O–H groups in total. The van der Waals surface area contributed by atoms with Crippen LogP contribution in [0.1, 0.15) is 66.5 Å². The number of nitrogens with one attached hydrogen (secondary N) is 4. The highest BCUT2D eigenvalue weighted by Crippen LogP contribution is 2.21. The SMILES string of the molecule is CCCn1c(CNc2cccc(C(=O)N[C@@H](C)c3ncccc3Cl)c2)nnc1C1CCNCN1. The molecule has 2 atom stereocenters. The number of hydrogen-bond donors (Lipinski definition) is 4. The minimum Gasteiger partial charge on any atom is -0.378 e. The van der Waals surface area contributed by atoms with Crippen LogP contribution in [0.15, 0.2) is 42.6 Å². The second kappa shape index (κ2) is 11.4. The minimum absolute atomic E-state index is 0.189. The fourth-order valence-corrected chi connectivity index (χ4v) is 4.36. The van der Waals surface area contributed by atoms with Crippen molar-refractivity contribution < 1.29 is 4.79 Å². The molecule has 34 heavy (non-hydrogen) atoms.